The molecule has 148 valence electrons. The van der Waals surface area contributed by atoms with Crippen LogP contribution in [0.2, 0.25) is 0 Å². The molecule has 0 bridgehead atoms. The Morgan fingerprint density at radius 1 is 1.19 bits per heavy atom. The number of benzene rings is 1. The highest BCUT2D eigenvalue weighted by atomic mass is 16.2. The third kappa shape index (κ3) is 5.31. The Morgan fingerprint density at radius 2 is 1.89 bits per heavy atom. The minimum atomic E-state index is 0.0182. The monoisotopic (exact) mass is 372 g/mol. The fraction of sp³-hybridized carbons (Fsp3) is 0.571. The molecule has 0 unspecified atom stereocenters. The van der Waals surface area contributed by atoms with Gasteiger partial charge in [0.25, 0.3) is 0 Å². The van der Waals surface area contributed by atoms with Gasteiger partial charge in [-0.05, 0) is 31.4 Å². The molecule has 1 aromatic carbocycles. The van der Waals surface area contributed by atoms with Crippen LogP contribution in [0.15, 0.2) is 24.3 Å². The van der Waals surface area contributed by atoms with E-state index in [1.807, 2.05) is 49.7 Å². The van der Waals surface area contributed by atoms with E-state index in [9.17, 15) is 9.59 Å². The summed E-state index contributed by atoms with van der Waals surface area (Å²) < 4.78 is 1.92. The number of carbonyl (C=O) groups excluding carboxylic acids is 2. The van der Waals surface area contributed by atoms with Gasteiger partial charge in [0.1, 0.15) is 12.4 Å². The second kappa shape index (κ2) is 10.1. The number of nitrogens with one attached hydrogen (secondary N) is 1. The molecule has 2 amide bonds. The Labute approximate surface area is 161 Å². The molecule has 27 heavy (non-hydrogen) atoms. The summed E-state index contributed by atoms with van der Waals surface area (Å²) in [5, 5.41) is 2.99. The minimum Gasteiger partial charge on any atom is -0.349 e. The summed E-state index contributed by atoms with van der Waals surface area (Å²) in [6.45, 7) is 7.47. The van der Waals surface area contributed by atoms with Crippen molar-refractivity contribution in [3.63, 3.8) is 0 Å². The van der Waals surface area contributed by atoms with Gasteiger partial charge in [0.05, 0.1) is 17.6 Å². The van der Waals surface area contributed by atoms with Crippen molar-refractivity contribution in [2.24, 2.45) is 5.92 Å². The molecule has 1 heterocycles. The SMILES string of the molecule is CCCCN(C)C(=O)Cn1c(CNC(=O)C(CC)CC)nc2ccccc21. The average Bonchev–Trinajstić information content (AvgIpc) is 3.02. The molecule has 0 aliphatic heterocycles. The first-order valence-electron chi connectivity index (χ1n) is 9.97. The molecule has 0 atom stereocenters. The van der Waals surface area contributed by atoms with Gasteiger partial charge in [-0.25, -0.2) is 4.98 Å². The van der Waals surface area contributed by atoms with E-state index in [4.69, 9.17) is 0 Å². The summed E-state index contributed by atoms with van der Waals surface area (Å²) in [6.07, 6.45) is 3.68. The fourth-order valence-corrected chi connectivity index (χ4v) is 3.18. The van der Waals surface area contributed by atoms with Crippen molar-refractivity contribution in [2.45, 2.75) is 59.5 Å². The smallest absolute Gasteiger partial charge is 0.242 e. The number of hydrogen-bond donors (Lipinski definition) is 1. The summed E-state index contributed by atoms with van der Waals surface area (Å²) in [5.41, 5.74) is 1.76. The molecular weight excluding hydrogens is 340 g/mol. The number of fused-ring (bicyclic) bond motifs is 1. The number of nitrogens with zero attached hydrogens (tertiary/aromatic N) is 3. The van der Waals surface area contributed by atoms with E-state index in [0.29, 0.717) is 12.4 Å². The normalized spacial score (nSPS) is 11.1. The van der Waals surface area contributed by atoms with E-state index in [0.717, 1.165) is 43.3 Å². The summed E-state index contributed by atoms with van der Waals surface area (Å²) in [7, 11) is 1.84. The van der Waals surface area contributed by atoms with Crippen LogP contribution in [-0.4, -0.2) is 39.9 Å². The van der Waals surface area contributed by atoms with Crippen molar-refractivity contribution < 1.29 is 9.59 Å². The first-order chi connectivity index (χ1) is 13.0. The molecule has 0 saturated heterocycles. The van der Waals surface area contributed by atoms with Gasteiger partial charge in [-0.3, -0.25) is 9.59 Å². The summed E-state index contributed by atoms with van der Waals surface area (Å²) in [6, 6.07) is 7.77. The Morgan fingerprint density at radius 3 is 2.56 bits per heavy atom. The third-order valence-corrected chi connectivity index (χ3v) is 5.08. The molecular formula is C21H32N4O2. The number of hydrogen-bond acceptors (Lipinski definition) is 3. The number of amides is 2. The predicted molar refractivity (Wildman–Crippen MR) is 108 cm³/mol. The second-order valence-electron chi connectivity index (χ2n) is 7.00. The van der Waals surface area contributed by atoms with Crippen LogP contribution < -0.4 is 5.32 Å². The van der Waals surface area contributed by atoms with Crippen molar-refractivity contribution >= 4 is 22.8 Å². The van der Waals surface area contributed by atoms with E-state index in [2.05, 4.69) is 17.2 Å². The molecule has 0 aliphatic carbocycles. The first kappa shape index (κ1) is 20.9. The number of likely N-dealkylation sites (N-methyl/N-ethyl adjacent to an activating group) is 1. The quantitative estimate of drug-likeness (QED) is 0.695. The zero-order chi connectivity index (χ0) is 19.8. The van der Waals surface area contributed by atoms with Crippen molar-refractivity contribution in [3.05, 3.63) is 30.1 Å². The van der Waals surface area contributed by atoms with Crippen molar-refractivity contribution in [1.29, 1.82) is 0 Å². The number of rotatable bonds is 10. The van der Waals surface area contributed by atoms with Crippen LogP contribution in [0.1, 0.15) is 52.3 Å². The molecule has 0 saturated carbocycles. The van der Waals surface area contributed by atoms with Gasteiger partial charge < -0.3 is 14.8 Å². The maximum absolute atomic E-state index is 12.6. The summed E-state index contributed by atoms with van der Waals surface area (Å²) in [5.74, 6) is 0.835. The number of carbonyl (C=O) groups is 2. The van der Waals surface area contributed by atoms with E-state index in [1.165, 1.54) is 0 Å². The fourth-order valence-electron chi connectivity index (χ4n) is 3.18. The molecule has 1 N–H and O–H groups in total. The van der Waals surface area contributed by atoms with Crippen LogP contribution in [0, 0.1) is 5.92 Å². The van der Waals surface area contributed by atoms with Crippen LogP contribution in [-0.2, 0) is 22.7 Å². The lowest BCUT2D eigenvalue weighted by atomic mass is 10.0. The summed E-state index contributed by atoms with van der Waals surface area (Å²) >= 11 is 0. The maximum Gasteiger partial charge on any atom is 0.242 e. The molecule has 0 fully saturated rings. The highest BCUT2D eigenvalue weighted by molar-refractivity contribution is 5.81. The van der Waals surface area contributed by atoms with E-state index < -0.39 is 0 Å². The second-order valence-corrected chi connectivity index (χ2v) is 7.00. The molecule has 6 nitrogen and oxygen atoms in total. The van der Waals surface area contributed by atoms with Gasteiger partial charge in [0.2, 0.25) is 11.8 Å². The molecule has 2 rings (SSSR count). The van der Waals surface area contributed by atoms with Crippen LogP contribution in [0.3, 0.4) is 0 Å². The van der Waals surface area contributed by atoms with E-state index >= 15 is 0 Å². The van der Waals surface area contributed by atoms with Gasteiger partial charge in [-0.2, -0.15) is 0 Å². The number of imidazole rings is 1. The number of aromatic nitrogens is 2. The molecule has 0 spiro atoms. The first-order valence-corrected chi connectivity index (χ1v) is 9.97. The third-order valence-electron chi connectivity index (χ3n) is 5.08. The molecule has 0 aliphatic rings. The largest absolute Gasteiger partial charge is 0.349 e. The standard InChI is InChI=1S/C21H32N4O2/c1-5-8-13-24(4)20(26)15-25-18-12-10-9-11-17(18)23-19(25)14-22-21(27)16(6-2)7-3/h9-12,16H,5-8,13-15H2,1-4H3,(H,22,27). The van der Waals surface area contributed by atoms with Crippen LogP contribution in [0.4, 0.5) is 0 Å². The van der Waals surface area contributed by atoms with Crippen molar-refractivity contribution in [3.8, 4) is 0 Å². The Kier molecular flexibility index (Phi) is 7.82. The van der Waals surface area contributed by atoms with Crippen molar-refractivity contribution in [1.82, 2.24) is 19.8 Å². The van der Waals surface area contributed by atoms with Gasteiger partial charge in [0, 0.05) is 19.5 Å². The Balaban J connectivity index is 2.19. The molecule has 0 radical (unpaired) electrons. The minimum absolute atomic E-state index is 0.0182. The van der Waals surface area contributed by atoms with Crippen LogP contribution in [0.5, 0.6) is 0 Å². The number of unbranched alkanes of at least 4 members (excludes halogenated alkanes) is 1. The molecule has 1 aromatic heterocycles. The van der Waals surface area contributed by atoms with Gasteiger partial charge in [-0.1, -0.05) is 39.3 Å². The Hall–Kier alpha value is -2.37. The van der Waals surface area contributed by atoms with Crippen molar-refractivity contribution in [2.75, 3.05) is 13.6 Å². The van der Waals surface area contributed by atoms with E-state index in [-0.39, 0.29) is 24.3 Å². The lowest BCUT2D eigenvalue weighted by Gasteiger charge is -2.18. The van der Waals surface area contributed by atoms with Gasteiger partial charge in [0.15, 0.2) is 0 Å². The van der Waals surface area contributed by atoms with Gasteiger partial charge >= 0.3 is 0 Å². The average molecular weight is 373 g/mol. The van der Waals surface area contributed by atoms with Crippen LogP contribution in [0.25, 0.3) is 11.0 Å². The topological polar surface area (TPSA) is 67.2 Å². The Bertz CT molecular complexity index is 765. The maximum atomic E-state index is 12.6. The zero-order valence-corrected chi connectivity index (χ0v) is 17.0. The lowest BCUT2D eigenvalue weighted by molar-refractivity contribution is -0.130. The highest BCUT2D eigenvalue weighted by Gasteiger charge is 2.18. The highest BCUT2D eigenvalue weighted by Crippen LogP contribution is 2.17. The zero-order valence-electron chi connectivity index (χ0n) is 17.0. The predicted octanol–water partition coefficient (Wildman–Crippen LogP) is 3.35. The lowest BCUT2D eigenvalue weighted by Crippen LogP contribution is -2.33. The van der Waals surface area contributed by atoms with Crippen LogP contribution >= 0.6 is 0 Å². The number of para-hydroxylation sites is 2. The molecule has 6 heteroatoms. The molecule has 2 aromatic rings. The summed E-state index contributed by atoms with van der Waals surface area (Å²) in [4.78, 5) is 31.4. The van der Waals surface area contributed by atoms with E-state index in [1.54, 1.807) is 4.90 Å². The van der Waals surface area contributed by atoms with Gasteiger partial charge in [-0.15, -0.1) is 0 Å².